The number of hydrogen-bond acceptors (Lipinski definition) is 11. The Morgan fingerprint density at radius 1 is 1.13 bits per heavy atom. The number of hydrogen-bond donors (Lipinski definition) is 1. The normalized spacial score (nSPS) is 18.7. The van der Waals surface area contributed by atoms with Crippen LogP contribution >= 0.6 is 22.7 Å². The average Bonchev–Trinajstić information content (AvgIpc) is 3.74. The van der Waals surface area contributed by atoms with Gasteiger partial charge in [0.05, 0.1) is 7.11 Å². The molecule has 2 aliphatic rings. The number of benzene rings is 1. The fraction of sp³-hybridized carbons (Fsp3) is 0.250. The molecule has 0 saturated carbocycles. The van der Waals surface area contributed by atoms with Crippen molar-refractivity contribution in [2.75, 3.05) is 25.3 Å². The molecule has 0 bridgehead atoms. The number of esters is 1. The van der Waals surface area contributed by atoms with Gasteiger partial charge in [-0.3, -0.25) is 10.1 Å². The molecular formula is C24H22N5O7S2+. The van der Waals surface area contributed by atoms with E-state index >= 15 is 0 Å². The summed E-state index contributed by atoms with van der Waals surface area (Å²) in [4.78, 5) is 61.6. The Hall–Kier alpha value is -4.14. The van der Waals surface area contributed by atoms with Crippen molar-refractivity contribution in [3.63, 3.8) is 0 Å². The number of quaternary nitrogens is 1. The largest absolute Gasteiger partial charge is 0.464 e. The van der Waals surface area contributed by atoms with Gasteiger partial charge in [-0.1, -0.05) is 53.1 Å². The van der Waals surface area contributed by atoms with Crippen molar-refractivity contribution in [2.45, 2.75) is 19.8 Å². The van der Waals surface area contributed by atoms with E-state index in [0.717, 1.165) is 28.2 Å². The molecule has 4 amide bonds. The molecule has 196 valence electrons. The third-order valence-electron chi connectivity index (χ3n) is 5.87. The molecule has 0 radical (unpaired) electrons. The van der Waals surface area contributed by atoms with E-state index < -0.39 is 22.4 Å². The number of anilines is 2. The quantitative estimate of drug-likeness (QED) is 0.251. The molecule has 3 aromatic rings. The minimum atomic E-state index is -0.952. The maximum atomic E-state index is 13.4. The number of amides is 4. The van der Waals surface area contributed by atoms with Crippen molar-refractivity contribution in [1.82, 2.24) is 19.8 Å². The van der Waals surface area contributed by atoms with E-state index in [-0.39, 0.29) is 53.3 Å². The number of nitrogens with one attached hydrogen (secondary N) is 1. The van der Waals surface area contributed by atoms with Crippen LogP contribution in [0.2, 0.25) is 0 Å². The van der Waals surface area contributed by atoms with Crippen LogP contribution in [-0.4, -0.2) is 54.2 Å². The Bertz CT molecular complexity index is 1430. The number of thiazole rings is 2. The number of imide groups is 1. The summed E-state index contributed by atoms with van der Waals surface area (Å²) in [7, 11) is 1.24. The number of urea groups is 1. The lowest BCUT2D eigenvalue weighted by Gasteiger charge is -2.22. The minimum absolute atomic E-state index is 0.0327. The van der Waals surface area contributed by atoms with Gasteiger partial charge in [0.1, 0.15) is 6.54 Å². The maximum absolute atomic E-state index is 13.4. The van der Waals surface area contributed by atoms with Gasteiger partial charge in [0.15, 0.2) is 16.6 Å². The van der Waals surface area contributed by atoms with E-state index in [1.807, 2.05) is 30.3 Å². The number of carbonyl (C=O) groups excluding carboxylic acids is 4. The zero-order valence-electron chi connectivity index (χ0n) is 20.3. The molecule has 1 unspecified atom stereocenters. The highest BCUT2D eigenvalue weighted by molar-refractivity contribution is 7.15. The van der Waals surface area contributed by atoms with Gasteiger partial charge in [-0.05, 0) is 5.56 Å². The first-order chi connectivity index (χ1) is 18.4. The highest BCUT2D eigenvalue weighted by atomic mass is 32.1. The Balaban J connectivity index is 1.59. The molecule has 1 atom stereocenters. The summed E-state index contributed by atoms with van der Waals surface area (Å²) >= 11 is 2.08. The molecule has 14 heteroatoms. The number of aromatic nitrogens is 2. The molecule has 2 aromatic heterocycles. The molecule has 2 aliphatic heterocycles. The molecule has 5 rings (SSSR count). The average molecular weight is 557 g/mol. The summed E-state index contributed by atoms with van der Waals surface area (Å²) in [6.07, 6.45) is 0.410. The first kappa shape index (κ1) is 25.5. The predicted octanol–water partition coefficient (Wildman–Crippen LogP) is 3.43. The second kappa shape index (κ2) is 10.3. The van der Waals surface area contributed by atoms with Gasteiger partial charge in [0.25, 0.3) is 0 Å². The highest BCUT2D eigenvalue weighted by Crippen LogP contribution is 2.42. The second-order valence-electron chi connectivity index (χ2n) is 8.10. The van der Waals surface area contributed by atoms with Crippen LogP contribution in [0, 0.1) is 0 Å². The molecule has 0 spiro atoms. The zero-order chi connectivity index (χ0) is 26.9. The molecule has 38 heavy (non-hydrogen) atoms. The fourth-order valence-electron chi connectivity index (χ4n) is 4.05. The summed E-state index contributed by atoms with van der Waals surface area (Å²) in [5, 5.41) is 5.88. The fourth-order valence-corrected chi connectivity index (χ4v) is 5.81. The van der Waals surface area contributed by atoms with Crippen molar-refractivity contribution >= 4 is 62.6 Å². The molecule has 1 aromatic carbocycles. The molecule has 1 fully saturated rings. The molecular weight excluding hydrogens is 534 g/mol. The topological polar surface area (TPSA) is 137 Å². The first-order valence-corrected chi connectivity index (χ1v) is 13.2. The van der Waals surface area contributed by atoms with Crippen LogP contribution in [-0.2, 0) is 30.2 Å². The van der Waals surface area contributed by atoms with E-state index in [9.17, 15) is 19.2 Å². The Kier molecular flexibility index (Phi) is 6.93. The lowest BCUT2D eigenvalue weighted by molar-refractivity contribution is -0.125. The lowest BCUT2D eigenvalue weighted by Crippen LogP contribution is -2.54. The van der Waals surface area contributed by atoms with Gasteiger partial charge in [-0.15, -0.1) is 11.3 Å². The number of ether oxygens (including phenoxy) is 3. The van der Waals surface area contributed by atoms with E-state index in [1.54, 1.807) is 12.3 Å². The van der Waals surface area contributed by atoms with Gasteiger partial charge >= 0.3 is 28.9 Å². The number of nitrogens with zero attached hydrogens (tertiary/aromatic N) is 4. The molecule has 4 heterocycles. The molecule has 1 saturated heterocycles. The zero-order valence-corrected chi connectivity index (χ0v) is 22.0. The Morgan fingerprint density at radius 3 is 2.61 bits per heavy atom. The van der Waals surface area contributed by atoms with Crippen molar-refractivity contribution < 1.29 is 33.4 Å². The first-order valence-electron chi connectivity index (χ1n) is 11.5. The summed E-state index contributed by atoms with van der Waals surface area (Å²) in [5.41, 5.74) is 0.946. The van der Waals surface area contributed by atoms with Crippen molar-refractivity contribution in [3.8, 4) is 0 Å². The Labute approximate surface area is 224 Å². The van der Waals surface area contributed by atoms with Crippen LogP contribution in [0.1, 0.15) is 29.4 Å². The van der Waals surface area contributed by atoms with Gasteiger partial charge in [0, 0.05) is 23.6 Å². The minimum Gasteiger partial charge on any atom is -0.464 e. The third-order valence-corrected chi connectivity index (χ3v) is 7.61. The lowest BCUT2D eigenvalue weighted by atomic mass is 10.1. The summed E-state index contributed by atoms with van der Waals surface area (Å²) in [6.45, 7) is 1.28. The number of methoxy groups -OCH3 is 1. The van der Waals surface area contributed by atoms with E-state index in [4.69, 9.17) is 14.2 Å². The van der Waals surface area contributed by atoms with E-state index in [2.05, 4.69) is 15.3 Å². The standard InChI is InChI=1S/C24H21N5O7S2/c1-3-18(30)28(22-26-15(11-37-22)21(32)34-2)17-12-38-24(27-17)29(19(31)10-25-23(29)33)20-16(35-13-36-20)9-14-7-5-4-6-8-14/h4-8,11-12H,3,9-10,13H2,1-2H3/p+1. The number of carbonyl (C=O) groups is 4. The second-order valence-corrected chi connectivity index (χ2v) is 9.77. The van der Waals surface area contributed by atoms with Gasteiger partial charge in [-0.2, -0.15) is 4.98 Å². The van der Waals surface area contributed by atoms with Crippen LogP contribution in [0.25, 0.3) is 0 Å². The van der Waals surface area contributed by atoms with Crippen LogP contribution < -0.4 is 14.7 Å². The summed E-state index contributed by atoms with van der Waals surface area (Å²) in [6, 6.07) is 8.79. The van der Waals surface area contributed by atoms with E-state index in [0.29, 0.717) is 12.2 Å². The third kappa shape index (κ3) is 4.21. The van der Waals surface area contributed by atoms with Crippen molar-refractivity contribution in [2.24, 2.45) is 0 Å². The van der Waals surface area contributed by atoms with Gasteiger partial charge in [-0.25, -0.2) is 24.3 Å². The molecule has 1 N–H and O–H groups in total. The van der Waals surface area contributed by atoms with Crippen molar-refractivity contribution in [3.05, 3.63) is 64.0 Å². The van der Waals surface area contributed by atoms with Crippen molar-refractivity contribution in [1.29, 1.82) is 0 Å². The van der Waals surface area contributed by atoms with Crippen LogP contribution in [0.4, 0.5) is 20.9 Å². The monoisotopic (exact) mass is 556 g/mol. The molecule has 0 aliphatic carbocycles. The Morgan fingerprint density at radius 2 is 1.92 bits per heavy atom. The maximum Gasteiger partial charge on any atom is 0.439 e. The smallest absolute Gasteiger partial charge is 0.439 e. The predicted molar refractivity (Wildman–Crippen MR) is 137 cm³/mol. The van der Waals surface area contributed by atoms with Gasteiger partial charge in [0.2, 0.25) is 18.5 Å². The van der Waals surface area contributed by atoms with E-state index in [1.165, 1.54) is 17.4 Å². The van der Waals surface area contributed by atoms with Crippen LogP contribution in [0.5, 0.6) is 0 Å². The summed E-state index contributed by atoms with van der Waals surface area (Å²) < 4.78 is 15.2. The number of allylic oxidation sites excluding steroid dienone is 1. The van der Waals surface area contributed by atoms with Crippen LogP contribution in [0.15, 0.2) is 52.7 Å². The SMILES string of the molecule is CCC(=O)N(c1csc([N+]2(C3=C(Cc4ccccc4)OCO3)C(=O)CNC2=O)n1)c1nc(C(=O)OC)cs1. The highest BCUT2D eigenvalue weighted by Gasteiger charge is 2.62. The van der Waals surface area contributed by atoms with Crippen LogP contribution in [0.3, 0.4) is 0 Å². The number of rotatable bonds is 8. The summed E-state index contributed by atoms with van der Waals surface area (Å²) in [5.74, 6) is -0.974. The molecule has 12 nitrogen and oxygen atoms in total. The van der Waals surface area contributed by atoms with Gasteiger partial charge < -0.3 is 14.2 Å².